The van der Waals surface area contributed by atoms with Gasteiger partial charge in [-0.25, -0.2) is 9.78 Å². The monoisotopic (exact) mass is 687 g/mol. The second-order valence-corrected chi connectivity index (χ2v) is 12.1. The molecule has 2 aliphatic rings. The first kappa shape index (κ1) is 33.2. The summed E-state index contributed by atoms with van der Waals surface area (Å²) in [5.74, 6) is 0.723. The van der Waals surface area contributed by atoms with Gasteiger partial charge in [-0.3, -0.25) is 9.55 Å². The molecule has 50 heavy (non-hydrogen) atoms. The number of nitrogens with zero attached hydrogens (tertiary/aromatic N) is 10. The van der Waals surface area contributed by atoms with Crippen molar-refractivity contribution < 1.29 is 30.0 Å². The summed E-state index contributed by atoms with van der Waals surface area (Å²) in [6, 6.07) is 12.2. The van der Waals surface area contributed by atoms with Crippen LogP contribution in [-0.4, -0.2) is 122 Å². The average Bonchev–Trinajstić information content (AvgIpc) is 3.93. The van der Waals surface area contributed by atoms with Crippen molar-refractivity contribution in [2.75, 3.05) is 41.8 Å². The van der Waals surface area contributed by atoms with Crippen LogP contribution in [-0.2, 0) is 17.7 Å². The Morgan fingerprint density at radius 2 is 1.94 bits per heavy atom. The number of fused-ring (bicyclic) bond motifs is 1. The van der Waals surface area contributed by atoms with Crippen molar-refractivity contribution in [2.45, 2.75) is 56.0 Å². The predicted molar refractivity (Wildman–Crippen MR) is 177 cm³/mol. The molecule has 6 atom stereocenters. The van der Waals surface area contributed by atoms with E-state index in [0.29, 0.717) is 54.5 Å². The lowest BCUT2D eigenvalue weighted by Gasteiger charge is -2.22. The quantitative estimate of drug-likeness (QED) is 0.0883. The summed E-state index contributed by atoms with van der Waals surface area (Å²) in [4.78, 5) is 34.0. The van der Waals surface area contributed by atoms with Gasteiger partial charge in [0.2, 0.25) is 11.8 Å². The first-order valence-electron chi connectivity index (χ1n) is 16.2. The fourth-order valence-corrected chi connectivity index (χ4v) is 6.09. The van der Waals surface area contributed by atoms with Crippen molar-refractivity contribution in [3.63, 3.8) is 0 Å². The number of hydrogen-bond acceptors (Lipinski definition) is 15. The van der Waals surface area contributed by atoms with Crippen LogP contribution in [0.15, 0.2) is 61.2 Å². The lowest BCUT2D eigenvalue weighted by molar-refractivity contribution is -0.0384. The molecule has 0 saturated carbocycles. The fraction of sp³-hybridized carbons (Fsp3) is 0.419. The Hall–Kier alpha value is -5.34. The highest BCUT2D eigenvalue weighted by Crippen LogP contribution is 2.39. The number of carbonyl (C=O) groups is 1. The van der Waals surface area contributed by atoms with Gasteiger partial charge in [0.15, 0.2) is 29.3 Å². The van der Waals surface area contributed by atoms with Crippen molar-refractivity contribution in [3.8, 4) is 0 Å². The first-order valence-corrected chi connectivity index (χ1v) is 16.2. The summed E-state index contributed by atoms with van der Waals surface area (Å²) < 4.78 is 7.61. The van der Waals surface area contributed by atoms with Gasteiger partial charge in [-0.1, -0.05) is 30.3 Å². The van der Waals surface area contributed by atoms with E-state index in [-0.39, 0.29) is 37.7 Å². The molecule has 7 N–H and O–H groups in total. The van der Waals surface area contributed by atoms with Crippen LogP contribution in [0.25, 0.3) is 11.2 Å². The largest absolute Gasteiger partial charge is 0.394 e. The maximum Gasteiger partial charge on any atom is 0.319 e. The molecular formula is C31H37N13O6. The highest BCUT2D eigenvalue weighted by atomic mass is 16.6. The van der Waals surface area contributed by atoms with Crippen molar-refractivity contribution in [3.05, 3.63) is 72.6 Å². The molecule has 19 heteroatoms. The summed E-state index contributed by atoms with van der Waals surface area (Å²) in [6.07, 6.45) is 0.669. The SMILES string of the molecule is O=C(Nc1cccnc1)NC1CCN(c2nc(N[C@H](CO)Cc3ccccc3)c3ncn([C@@H]4O[C@H](c5nnn(CCO)n5)[C@@H](O)[C@H]4O)c3n2)C1. The Kier molecular flexibility index (Phi) is 9.72. The van der Waals surface area contributed by atoms with Crippen LogP contribution in [0.1, 0.15) is 30.1 Å². The number of hydrogen-bond donors (Lipinski definition) is 7. The van der Waals surface area contributed by atoms with Gasteiger partial charge in [0.1, 0.15) is 12.2 Å². The van der Waals surface area contributed by atoms with E-state index in [1.165, 1.54) is 15.7 Å². The van der Waals surface area contributed by atoms with Crippen molar-refractivity contribution in [2.24, 2.45) is 0 Å². The third kappa shape index (κ3) is 7.03. The zero-order valence-electron chi connectivity index (χ0n) is 26.8. The minimum atomic E-state index is -1.42. The zero-order valence-corrected chi connectivity index (χ0v) is 26.8. The Morgan fingerprint density at radius 1 is 1.08 bits per heavy atom. The average molecular weight is 688 g/mol. The van der Waals surface area contributed by atoms with Gasteiger partial charge in [-0.05, 0) is 35.8 Å². The van der Waals surface area contributed by atoms with Crippen LogP contribution < -0.4 is 20.9 Å². The number of tetrazole rings is 1. The third-order valence-corrected chi connectivity index (χ3v) is 8.56. The van der Waals surface area contributed by atoms with E-state index in [4.69, 9.17) is 14.7 Å². The summed E-state index contributed by atoms with van der Waals surface area (Å²) in [7, 11) is 0. The number of aliphatic hydroxyl groups is 4. The Bertz CT molecular complexity index is 1890. The lowest BCUT2D eigenvalue weighted by atomic mass is 10.1. The molecule has 19 nitrogen and oxygen atoms in total. The van der Waals surface area contributed by atoms with E-state index in [1.54, 1.807) is 24.5 Å². The number of urea groups is 1. The highest BCUT2D eigenvalue weighted by molar-refractivity contribution is 5.89. The molecule has 262 valence electrons. The normalized spacial score (nSPS) is 22.6. The molecule has 4 aromatic heterocycles. The second-order valence-electron chi connectivity index (χ2n) is 12.1. The van der Waals surface area contributed by atoms with E-state index >= 15 is 0 Å². The number of benzene rings is 1. The summed E-state index contributed by atoms with van der Waals surface area (Å²) in [5, 5.41) is 62.7. The Labute approximate surface area is 285 Å². The number of imidazole rings is 1. The zero-order chi connectivity index (χ0) is 34.6. The van der Waals surface area contributed by atoms with Crippen molar-refractivity contribution >= 4 is 34.6 Å². The first-order chi connectivity index (χ1) is 24.4. The Morgan fingerprint density at radius 3 is 2.72 bits per heavy atom. The molecule has 2 amide bonds. The molecule has 1 unspecified atom stereocenters. The number of ether oxygens (including phenoxy) is 1. The van der Waals surface area contributed by atoms with Crippen LogP contribution in [0.3, 0.4) is 0 Å². The number of carbonyl (C=O) groups excluding carboxylic acids is 1. The van der Waals surface area contributed by atoms with Crippen LogP contribution in [0.2, 0.25) is 0 Å². The van der Waals surface area contributed by atoms with E-state index in [9.17, 15) is 25.2 Å². The molecule has 0 bridgehead atoms. The summed E-state index contributed by atoms with van der Waals surface area (Å²) >= 11 is 0. The van der Waals surface area contributed by atoms with Gasteiger partial charge < -0.3 is 46.0 Å². The van der Waals surface area contributed by atoms with Gasteiger partial charge >= 0.3 is 6.03 Å². The molecule has 5 aromatic rings. The summed E-state index contributed by atoms with van der Waals surface area (Å²) in [5.41, 5.74) is 2.24. The number of anilines is 3. The molecule has 2 aliphatic heterocycles. The number of aromatic nitrogens is 9. The molecular weight excluding hydrogens is 650 g/mol. The van der Waals surface area contributed by atoms with E-state index in [2.05, 4.69) is 41.3 Å². The van der Waals surface area contributed by atoms with Gasteiger partial charge in [0, 0.05) is 25.3 Å². The molecule has 2 fully saturated rings. The van der Waals surface area contributed by atoms with Crippen molar-refractivity contribution in [1.82, 2.24) is 50.0 Å². The van der Waals surface area contributed by atoms with E-state index in [0.717, 1.165) is 5.56 Å². The summed E-state index contributed by atoms with van der Waals surface area (Å²) in [6.45, 7) is 0.642. The lowest BCUT2D eigenvalue weighted by Crippen LogP contribution is -2.40. The van der Waals surface area contributed by atoms with Gasteiger partial charge in [0.25, 0.3) is 0 Å². The van der Waals surface area contributed by atoms with E-state index in [1.807, 2.05) is 35.2 Å². The molecule has 0 radical (unpaired) electrons. The standard InChI is InChI=1S/C31H37N13O6/c45-12-11-44-40-27(39-41-44)25-23(47)24(48)29(50-25)43-17-33-22-26(34-21(16-46)13-18-5-2-1-3-6-18)37-30(38-28(22)43)42-10-8-20(15-42)36-31(49)35-19-7-4-9-32-14-19/h1-7,9,14,17,20-21,23-25,29,45-48H,8,10-13,15-16H2,(H,34,37,38)(H2,35,36,49)/t20?,21-,23-,24+,25-,29+/m0/s1. The molecule has 6 heterocycles. The van der Waals surface area contributed by atoms with Gasteiger partial charge in [-0.2, -0.15) is 14.8 Å². The minimum Gasteiger partial charge on any atom is -0.394 e. The molecule has 0 aliphatic carbocycles. The van der Waals surface area contributed by atoms with Crippen LogP contribution >= 0.6 is 0 Å². The number of aliphatic hydroxyl groups excluding tert-OH is 4. The second kappa shape index (κ2) is 14.6. The maximum atomic E-state index is 12.7. The fourth-order valence-electron chi connectivity index (χ4n) is 6.09. The third-order valence-electron chi connectivity index (χ3n) is 8.56. The smallest absolute Gasteiger partial charge is 0.319 e. The molecule has 7 rings (SSSR count). The van der Waals surface area contributed by atoms with Crippen LogP contribution in [0, 0.1) is 0 Å². The number of pyridine rings is 1. The predicted octanol–water partition coefficient (Wildman–Crippen LogP) is -0.392. The number of amides is 2. The number of rotatable bonds is 12. The maximum absolute atomic E-state index is 12.7. The number of nitrogens with one attached hydrogen (secondary N) is 3. The minimum absolute atomic E-state index is 0.0458. The topological polar surface area (TPSA) is 247 Å². The Balaban J connectivity index is 1.17. The van der Waals surface area contributed by atoms with Gasteiger partial charge in [-0.15, -0.1) is 10.2 Å². The van der Waals surface area contributed by atoms with Gasteiger partial charge in [0.05, 0.1) is 44.0 Å². The van der Waals surface area contributed by atoms with E-state index < -0.39 is 30.6 Å². The van der Waals surface area contributed by atoms with Crippen LogP contribution in [0.5, 0.6) is 0 Å². The highest BCUT2D eigenvalue weighted by Gasteiger charge is 2.47. The van der Waals surface area contributed by atoms with Crippen molar-refractivity contribution in [1.29, 1.82) is 0 Å². The van der Waals surface area contributed by atoms with Crippen LogP contribution in [0.4, 0.5) is 22.2 Å². The molecule has 2 saturated heterocycles. The molecule has 0 spiro atoms. The molecule has 1 aromatic carbocycles.